The summed E-state index contributed by atoms with van der Waals surface area (Å²) in [4.78, 5) is 23.9. The van der Waals surface area contributed by atoms with E-state index in [1.54, 1.807) is 0 Å². The molecule has 1 aliphatic rings. The number of hydrogen-bond acceptors (Lipinski definition) is 3. The van der Waals surface area contributed by atoms with Crippen LogP contribution in [0.1, 0.15) is 44.2 Å². The molecule has 130 valence electrons. The predicted molar refractivity (Wildman–Crippen MR) is 95.7 cm³/mol. The first-order valence-electron chi connectivity index (χ1n) is 8.56. The number of carbonyl (C=O) groups excluding carboxylic acids is 2. The molecule has 2 amide bonds. The summed E-state index contributed by atoms with van der Waals surface area (Å²) in [6, 6.07) is 8.14. The molecule has 5 nitrogen and oxygen atoms in total. The molecule has 0 radical (unpaired) electrons. The topological polar surface area (TPSA) is 61.4 Å². The van der Waals surface area contributed by atoms with Gasteiger partial charge in [-0.1, -0.05) is 43.7 Å². The third-order valence-electron chi connectivity index (χ3n) is 4.01. The smallest absolute Gasteiger partial charge is 0.244 e. The molecular weight excluding hydrogens is 302 g/mol. The largest absolute Gasteiger partial charge is 0.356 e. The highest BCUT2D eigenvalue weighted by Crippen LogP contribution is 2.18. The minimum Gasteiger partial charge on any atom is -0.356 e. The fourth-order valence-electron chi connectivity index (χ4n) is 2.45. The summed E-state index contributed by atoms with van der Waals surface area (Å²) in [5, 5.41) is 4.44. The van der Waals surface area contributed by atoms with E-state index in [1.807, 2.05) is 37.3 Å². The van der Waals surface area contributed by atoms with E-state index in [1.165, 1.54) is 10.6 Å². The molecule has 0 aliphatic carbocycles. The Morgan fingerprint density at radius 3 is 2.67 bits per heavy atom. The second-order valence-electron chi connectivity index (χ2n) is 6.63. The second-order valence-corrected chi connectivity index (χ2v) is 6.63. The van der Waals surface area contributed by atoms with Gasteiger partial charge in [-0.2, -0.15) is 0 Å². The van der Waals surface area contributed by atoms with E-state index in [4.69, 9.17) is 0 Å². The number of nitrogens with zero attached hydrogens (tertiary/aromatic N) is 1. The zero-order valence-corrected chi connectivity index (χ0v) is 14.8. The molecule has 0 atom stereocenters. The van der Waals surface area contributed by atoms with Crippen molar-refractivity contribution in [2.24, 2.45) is 5.92 Å². The number of amides is 2. The van der Waals surface area contributed by atoms with Crippen LogP contribution in [0.4, 0.5) is 0 Å². The molecule has 5 heteroatoms. The molecule has 1 aromatic carbocycles. The highest BCUT2D eigenvalue weighted by molar-refractivity contribution is 5.84. The van der Waals surface area contributed by atoms with Crippen LogP contribution in [0.3, 0.4) is 0 Å². The van der Waals surface area contributed by atoms with Gasteiger partial charge >= 0.3 is 0 Å². The highest BCUT2D eigenvalue weighted by atomic mass is 16.2. The third-order valence-corrected chi connectivity index (χ3v) is 4.01. The Labute approximate surface area is 144 Å². The molecule has 1 heterocycles. The predicted octanol–water partition coefficient (Wildman–Crippen LogP) is 2.63. The van der Waals surface area contributed by atoms with Gasteiger partial charge in [-0.25, -0.2) is 0 Å². The van der Waals surface area contributed by atoms with Crippen molar-refractivity contribution in [3.05, 3.63) is 41.5 Å². The quantitative estimate of drug-likeness (QED) is 0.808. The van der Waals surface area contributed by atoms with Crippen molar-refractivity contribution in [3.8, 4) is 0 Å². The summed E-state index contributed by atoms with van der Waals surface area (Å²) in [7, 11) is 0. The zero-order valence-electron chi connectivity index (χ0n) is 14.8. The van der Waals surface area contributed by atoms with Crippen molar-refractivity contribution in [1.82, 2.24) is 15.8 Å². The maximum Gasteiger partial charge on any atom is 0.244 e. The molecule has 0 unspecified atom stereocenters. The third kappa shape index (κ3) is 5.41. The summed E-state index contributed by atoms with van der Waals surface area (Å²) in [6.45, 7) is 7.35. The van der Waals surface area contributed by atoms with Crippen LogP contribution in [0.2, 0.25) is 0 Å². The summed E-state index contributed by atoms with van der Waals surface area (Å²) in [5.41, 5.74) is 6.28. The minimum absolute atomic E-state index is 0.0131. The van der Waals surface area contributed by atoms with Gasteiger partial charge in [-0.15, -0.1) is 0 Å². The Bertz CT molecular complexity index is 606. The van der Waals surface area contributed by atoms with Crippen LogP contribution in [0, 0.1) is 12.8 Å². The summed E-state index contributed by atoms with van der Waals surface area (Å²) in [6.07, 6.45) is 3.52. The van der Waals surface area contributed by atoms with E-state index in [0.29, 0.717) is 31.8 Å². The molecule has 1 aliphatic heterocycles. The first-order valence-corrected chi connectivity index (χ1v) is 8.56. The van der Waals surface area contributed by atoms with Gasteiger partial charge in [0.2, 0.25) is 11.8 Å². The van der Waals surface area contributed by atoms with Crippen molar-refractivity contribution >= 4 is 17.5 Å². The average Bonchev–Trinajstić information content (AvgIpc) is 2.54. The first-order chi connectivity index (χ1) is 11.5. The van der Waals surface area contributed by atoms with Crippen molar-refractivity contribution in [2.75, 3.05) is 13.1 Å². The second kappa shape index (κ2) is 8.52. The number of aryl methyl sites for hydroxylation is 1. The van der Waals surface area contributed by atoms with Gasteiger partial charge in [-0.05, 0) is 30.9 Å². The molecular formula is C19H27N3O2. The van der Waals surface area contributed by atoms with Gasteiger partial charge in [0.1, 0.15) is 0 Å². The standard InChI is InChI=1S/C19H27N3O2/c1-14(2)10-12-20-18(23)11-13-22-19(24)9-8-17(21-22)16-6-4-15(3)5-7-16/h4-8,14,21H,9-13H2,1-3H3,(H,20,23). The molecule has 1 aromatic rings. The molecule has 0 aromatic heterocycles. The normalized spacial score (nSPS) is 14.4. The summed E-state index contributed by atoms with van der Waals surface area (Å²) < 4.78 is 0. The van der Waals surface area contributed by atoms with Gasteiger partial charge in [0.25, 0.3) is 0 Å². The number of rotatable bonds is 7. The van der Waals surface area contributed by atoms with E-state index >= 15 is 0 Å². The average molecular weight is 329 g/mol. The van der Waals surface area contributed by atoms with Crippen LogP contribution in [-0.2, 0) is 9.59 Å². The van der Waals surface area contributed by atoms with Crippen LogP contribution in [0.15, 0.2) is 30.3 Å². The van der Waals surface area contributed by atoms with Crippen molar-refractivity contribution < 1.29 is 9.59 Å². The number of hydrazine groups is 1. The lowest BCUT2D eigenvalue weighted by atomic mass is 10.1. The number of hydrogen-bond donors (Lipinski definition) is 2. The summed E-state index contributed by atoms with van der Waals surface area (Å²) >= 11 is 0. The molecule has 2 N–H and O–H groups in total. The number of carbonyl (C=O) groups is 2. The first kappa shape index (κ1) is 18.0. The molecule has 0 fully saturated rings. The molecule has 24 heavy (non-hydrogen) atoms. The van der Waals surface area contributed by atoms with Gasteiger partial charge in [0, 0.05) is 19.4 Å². The lowest BCUT2D eigenvalue weighted by Gasteiger charge is -2.29. The molecule has 0 bridgehead atoms. The van der Waals surface area contributed by atoms with Crippen molar-refractivity contribution in [3.63, 3.8) is 0 Å². The van der Waals surface area contributed by atoms with E-state index in [0.717, 1.165) is 17.7 Å². The Morgan fingerprint density at radius 1 is 1.29 bits per heavy atom. The van der Waals surface area contributed by atoms with E-state index in [9.17, 15) is 9.59 Å². The van der Waals surface area contributed by atoms with Gasteiger partial charge in [-0.3, -0.25) is 20.0 Å². The maximum absolute atomic E-state index is 12.0. The van der Waals surface area contributed by atoms with Crippen LogP contribution >= 0.6 is 0 Å². The summed E-state index contributed by atoms with van der Waals surface area (Å²) in [5.74, 6) is 0.537. The molecule has 0 spiro atoms. The lowest BCUT2D eigenvalue weighted by molar-refractivity contribution is -0.133. The maximum atomic E-state index is 12.0. The minimum atomic E-state index is -0.0170. The van der Waals surface area contributed by atoms with Crippen molar-refractivity contribution in [2.45, 2.75) is 40.0 Å². The van der Waals surface area contributed by atoms with E-state index in [2.05, 4.69) is 24.6 Å². The van der Waals surface area contributed by atoms with Crippen LogP contribution in [-0.4, -0.2) is 29.9 Å². The molecule has 2 rings (SSSR count). The van der Waals surface area contributed by atoms with Gasteiger partial charge in [0.15, 0.2) is 0 Å². The Kier molecular flexibility index (Phi) is 6.41. The van der Waals surface area contributed by atoms with E-state index in [-0.39, 0.29) is 11.8 Å². The van der Waals surface area contributed by atoms with Crippen LogP contribution < -0.4 is 10.7 Å². The van der Waals surface area contributed by atoms with Crippen molar-refractivity contribution in [1.29, 1.82) is 0 Å². The van der Waals surface area contributed by atoms with Gasteiger partial charge in [0.05, 0.1) is 12.2 Å². The highest BCUT2D eigenvalue weighted by Gasteiger charge is 2.20. The fraction of sp³-hybridized carbons (Fsp3) is 0.474. The fourth-order valence-corrected chi connectivity index (χ4v) is 2.45. The zero-order chi connectivity index (χ0) is 17.5. The monoisotopic (exact) mass is 329 g/mol. The molecule has 0 saturated carbocycles. The Hall–Kier alpha value is -2.30. The van der Waals surface area contributed by atoms with E-state index < -0.39 is 0 Å². The molecule has 0 saturated heterocycles. The SMILES string of the molecule is Cc1ccc(C2=CCC(=O)N(CCC(=O)NCCC(C)C)N2)cc1. The number of benzene rings is 1. The van der Waals surface area contributed by atoms with Gasteiger partial charge < -0.3 is 5.32 Å². The Balaban J connectivity index is 1.85. The number of nitrogens with one attached hydrogen (secondary N) is 2. The van der Waals surface area contributed by atoms with Crippen LogP contribution in [0.25, 0.3) is 5.70 Å². The Morgan fingerprint density at radius 2 is 2.00 bits per heavy atom. The van der Waals surface area contributed by atoms with Crippen LogP contribution in [0.5, 0.6) is 0 Å². The lowest BCUT2D eigenvalue weighted by Crippen LogP contribution is -2.45.